The van der Waals surface area contributed by atoms with Gasteiger partial charge in [0.05, 0.1) is 12.8 Å². The Bertz CT molecular complexity index is 1090. The van der Waals surface area contributed by atoms with Crippen molar-refractivity contribution >= 4 is 17.3 Å². The molecular formula is C22H18N2O4. The standard InChI is InChI=1S/C22H18N2O4/c1-13-6-11-18-17(12-13)23-20(14-7-9-15(10-8-14)22(25)24-26)16-4-3-5-19(27-2)21(16)28-18/h3-12,26H,1-2H3,(H,24,25). The van der Waals surface area contributed by atoms with Gasteiger partial charge in [-0.3, -0.25) is 10.0 Å². The second-order valence-corrected chi connectivity index (χ2v) is 6.39. The van der Waals surface area contributed by atoms with E-state index in [1.165, 1.54) is 0 Å². The zero-order valence-corrected chi connectivity index (χ0v) is 15.4. The molecule has 0 aromatic heterocycles. The summed E-state index contributed by atoms with van der Waals surface area (Å²) in [7, 11) is 1.60. The maximum atomic E-state index is 11.6. The second-order valence-electron chi connectivity index (χ2n) is 6.39. The van der Waals surface area contributed by atoms with Crippen molar-refractivity contribution in [2.75, 3.05) is 7.11 Å². The molecular weight excluding hydrogens is 356 g/mol. The third kappa shape index (κ3) is 3.10. The van der Waals surface area contributed by atoms with E-state index in [1.807, 2.05) is 43.3 Å². The van der Waals surface area contributed by atoms with E-state index in [4.69, 9.17) is 19.7 Å². The van der Waals surface area contributed by atoms with Gasteiger partial charge in [0.25, 0.3) is 5.91 Å². The third-order valence-corrected chi connectivity index (χ3v) is 4.53. The number of para-hydroxylation sites is 1. The van der Waals surface area contributed by atoms with Gasteiger partial charge in [0.1, 0.15) is 5.69 Å². The Morgan fingerprint density at radius 2 is 1.89 bits per heavy atom. The minimum absolute atomic E-state index is 0.346. The normalized spacial score (nSPS) is 12.0. The first-order valence-electron chi connectivity index (χ1n) is 8.70. The monoisotopic (exact) mass is 374 g/mol. The zero-order valence-electron chi connectivity index (χ0n) is 15.4. The molecule has 3 aromatic rings. The predicted molar refractivity (Wildman–Crippen MR) is 105 cm³/mol. The fourth-order valence-electron chi connectivity index (χ4n) is 3.12. The number of aryl methyl sites for hydroxylation is 1. The van der Waals surface area contributed by atoms with Crippen LogP contribution in [0.4, 0.5) is 5.69 Å². The molecule has 0 unspecified atom stereocenters. The largest absolute Gasteiger partial charge is 0.493 e. The predicted octanol–water partition coefficient (Wildman–Crippen LogP) is 4.40. The van der Waals surface area contributed by atoms with Gasteiger partial charge < -0.3 is 9.47 Å². The molecule has 140 valence electrons. The Kier molecular flexibility index (Phi) is 4.55. The van der Waals surface area contributed by atoms with E-state index >= 15 is 0 Å². The fourth-order valence-corrected chi connectivity index (χ4v) is 3.12. The summed E-state index contributed by atoms with van der Waals surface area (Å²) >= 11 is 0. The highest BCUT2D eigenvalue weighted by Gasteiger charge is 2.23. The lowest BCUT2D eigenvalue weighted by Gasteiger charge is -2.14. The maximum Gasteiger partial charge on any atom is 0.274 e. The van der Waals surface area contributed by atoms with Crippen LogP contribution in [0.3, 0.4) is 0 Å². The minimum atomic E-state index is -0.569. The molecule has 0 bridgehead atoms. The highest BCUT2D eigenvalue weighted by molar-refractivity contribution is 6.16. The molecule has 0 saturated heterocycles. The van der Waals surface area contributed by atoms with E-state index in [0.717, 1.165) is 16.7 Å². The van der Waals surface area contributed by atoms with Gasteiger partial charge in [-0.2, -0.15) is 0 Å². The van der Waals surface area contributed by atoms with Gasteiger partial charge in [0.2, 0.25) is 0 Å². The van der Waals surface area contributed by atoms with Crippen molar-refractivity contribution in [3.63, 3.8) is 0 Å². The molecule has 6 heteroatoms. The SMILES string of the molecule is COc1cccc2c1Oc1ccc(C)cc1N=C2c1ccc(C(=O)NO)cc1. The highest BCUT2D eigenvalue weighted by Crippen LogP contribution is 2.43. The molecule has 0 atom stereocenters. The number of hydroxylamine groups is 1. The molecule has 0 spiro atoms. The summed E-state index contributed by atoms with van der Waals surface area (Å²) in [6.45, 7) is 2.00. The average molecular weight is 374 g/mol. The number of fused-ring (bicyclic) bond motifs is 2. The van der Waals surface area contributed by atoms with Crippen molar-refractivity contribution in [2.24, 2.45) is 4.99 Å². The quantitative estimate of drug-likeness (QED) is 0.411. The van der Waals surface area contributed by atoms with Crippen LogP contribution in [0.25, 0.3) is 0 Å². The molecule has 0 saturated carbocycles. The fraction of sp³-hybridized carbons (Fsp3) is 0.0909. The van der Waals surface area contributed by atoms with Crippen LogP contribution in [0.5, 0.6) is 17.2 Å². The summed E-state index contributed by atoms with van der Waals surface area (Å²) < 4.78 is 11.7. The maximum absolute atomic E-state index is 11.6. The van der Waals surface area contributed by atoms with Crippen molar-refractivity contribution in [2.45, 2.75) is 6.92 Å². The Hall–Kier alpha value is -3.64. The number of hydrogen-bond acceptors (Lipinski definition) is 5. The van der Waals surface area contributed by atoms with Gasteiger partial charge in [-0.1, -0.05) is 24.3 Å². The number of nitrogens with one attached hydrogen (secondary N) is 1. The lowest BCUT2D eigenvalue weighted by molar-refractivity contribution is 0.0706. The number of ether oxygens (including phenoxy) is 2. The molecule has 1 heterocycles. The lowest BCUT2D eigenvalue weighted by atomic mass is 9.99. The smallest absolute Gasteiger partial charge is 0.274 e. The number of carbonyl (C=O) groups excluding carboxylic acids is 1. The highest BCUT2D eigenvalue weighted by atomic mass is 16.5. The van der Waals surface area contributed by atoms with Crippen molar-refractivity contribution < 1.29 is 19.5 Å². The zero-order chi connectivity index (χ0) is 19.7. The Balaban J connectivity index is 1.92. The first-order valence-corrected chi connectivity index (χ1v) is 8.70. The summed E-state index contributed by atoms with van der Waals surface area (Å²) in [5.74, 6) is 1.27. The van der Waals surface area contributed by atoms with Crippen LogP contribution < -0.4 is 15.0 Å². The van der Waals surface area contributed by atoms with Gasteiger partial charge in [-0.25, -0.2) is 10.5 Å². The van der Waals surface area contributed by atoms with E-state index in [-0.39, 0.29) is 0 Å². The number of methoxy groups -OCH3 is 1. The molecule has 3 aromatic carbocycles. The Labute approximate surface area is 162 Å². The van der Waals surface area contributed by atoms with Gasteiger partial charge in [0.15, 0.2) is 17.2 Å². The van der Waals surface area contributed by atoms with Gasteiger partial charge in [-0.05, 0) is 48.9 Å². The molecule has 1 aliphatic rings. The summed E-state index contributed by atoms with van der Waals surface area (Å²) in [5, 5.41) is 8.81. The van der Waals surface area contributed by atoms with Crippen molar-refractivity contribution in [3.05, 3.63) is 82.9 Å². The summed E-state index contributed by atoms with van der Waals surface area (Å²) in [4.78, 5) is 16.5. The van der Waals surface area contributed by atoms with Crippen LogP contribution in [0.15, 0.2) is 65.7 Å². The van der Waals surface area contributed by atoms with E-state index in [0.29, 0.717) is 34.2 Å². The van der Waals surface area contributed by atoms with Gasteiger partial charge in [-0.15, -0.1) is 0 Å². The van der Waals surface area contributed by atoms with Crippen LogP contribution in [0, 0.1) is 6.92 Å². The number of hydrogen-bond donors (Lipinski definition) is 2. The van der Waals surface area contributed by atoms with Crippen LogP contribution in [0.1, 0.15) is 27.0 Å². The van der Waals surface area contributed by atoms with Crippen molar-refractivity contribution in [3.8, 4) is 17.2 Å². The van der Waals surface area contributed by atoms with Crippen LogP contribution in [-0.2, 0) is 0 Å². The first-order chi connectivity index (χ1) is 13.6. The Morgan fingerprint density at radius 3 is 2.61 bits per heavy atom. The molecule has 2 N–H and O–H groups in total. The molecule has 0 aliphatic carbocycles. The molecule has 4 rings (SSSR count). The van der Waals surface area contributed by atoms with Crippen molar-refractivity contribution in [1.82, 2.24) is 5.48 Å². The minimum Gasteiger partial charge on any atom is -0.493 e. The number of benzene rings is 3. The van der Waals surface area contributed by atoms with Crippen LogP contribution in [0.2, 0.25) is 0 Å². The lowest BCUT2D eigenvalue weighted by Crippen LogP contribution is -2.18. The van der Waals surface area contributed by atoms with Crippen LogP contribution in [-0.4, -0.2) is 23.9 Å². The van der Waals surface area contributed by atoms with Crippen LogP contribution >= 0.6 is 0 Å². The molecule has 1 amide bonds. The average Bonchev–Trinajstić information content (AvgIpc) is 2.89. The van der Waals surface area contributed by atoms with Crippen molar-refractivity contribution in [1.29, 1.82) is 0 Å². The molecule has 1 aliphatic heterocycles. The van der Waals surface area contributed by atoms with E-state index in [9.17, 15) is 4.79 Å². The number of amides is 1. The molecule has 0 radical (unpaired) electrons. The Morgan fingerprint density at radius 1 is 1.11 bits per heavy atom. The van der Waals surface area contributed by atoms with E-state index < -0.39 is 5.91 Å². The molecule has 6 nitrogen and oxygen atoms in total. The second kappa shape index (κ2) is 7.17. The number of aliphatic imine (C=N–C) groups is 1. The van der Waals surface area contributed by atoms with E-state index in [2.05, 4.69) is 0 Å². The third-order valence-electron chi connectivity index (χ3n) is 4.53. The number of nitrogens with zero attached hydrogens (tertiary/aromatic N) is 1. The molecule has 0 fully saturated rings. The van der Waals surface area contributed by atoms with Gasteiger partial charge >= 0.3 is 0 Å². The summed E-state index contributed by atoms with van der Waals surface area (Å²) in [5.41, 5.74) is 6.06. The summed E-state index contributed by atoms with van der Waals surface area (Å²) in [6, 6.07) is 18.3. The first kappa shape index (κ1) is 17.8. The number of carbonyl (C=O) groups is 1. The van der Waals surface area contributed by atoms with Gasteiger partial charge in [0, 0.05) is 16.7 Å². The van der Waals surface area contributed by atoms with E-state index in [1.54, 1.807) is 36.9 Å². The topological polar surface area (TPSA) is 80.2 Å². The number of rotatable bonds is 3. The molecule has 28 heavy (non-hydrogen) atoms. The summed E-state index contributed by atoms with van der Waals surface area (Å²) in [6.07, 6.45) is 0.